The van der Waals surface area contributed by atoms with Crippen LogP contribution in [-0.4, -0.2) is 18.1 Å². The van der Waals surface area contributed by atoms with Gasteiger partial charge in [0, 0.05) is 11.9 Å². The molecule has 0 saturated heterocycles. The first-order valence-electron chi connectivity index (χ1n) is 5.53. The quantitative estimate of drug-likeness (QED) is 0.751. The second-order valence-corrected chi connectivity index (χ2v) is 4.68. The molecule has 0 fully saturated rings. The number of hydrogen-bond acceptors (Lipinski definition) is 3. The van der Waals surface area contributed by atoms with Gasteiger partial charge in [-0.1, -0.05) is 26.3 Å². The van der Waals surface area contributed by atoms with Gasteiger partial charge in [0.15, 0.2) is 0 Å². The van der Waals surface area contributed by atoms with Crippen molar-refractivity contribution in [3.05, 3.63) is 22.2 Å². The minimum Gasteiger partial charge on any atom is -0.313 e. The fourth-order valence-electron chi connectivity index (χ4n) is 1.31. The van der Waals surface area contributed by atoms with Crippen molar-refractivity contribution in [2.45, 2.75) is 27.2 Å². The molecule has 1 aromatic rings. The van der Waals surface area contributed by atoms with Gasteiger partial charge in [0.1, 0.15) is 0 Å². The summed E-state index contributed by atoms with van der Waals surface area (Å²) in [5.74, 6) is 0.580. The minimum atomic E-state index is 0.580. The molecule has 1 aromatic heterocycles. The molecule has 0 spiro atoms. The van der Waals surface area contributed by atoms with E-state index in [0.29, 0.717) is 5.92 Å². The Morgan fingerprint density at radius 1 is 1.60 bits per heavy atom. The number of rotatable bonds is 6. The van der Waals surface area contributed by atoms with Gasteiger partial charge in [-0.3, -0.25) is 0 Å². The number of aromatic nitrogens is 1. The van der Waals surface area contributed by atoms with E-state index in [9.17, 15) is 0 Å². The van der Waals surface area contributed by atoms with Gasteiger partial charge in [-0.2, -0.15) is 0 Å². The highest BCUT2D eigenvalue weighted by Crippen LogP contribution is 2.14. The lowest BCUT2D eigenvalue weighted by Crippen LogP contribution is -2.19. The first-order valence-corrected chi connectivity index (χ1v) is 6.47. The van der Waals surface area contributed by atoms with Gasteiger partial charge in [-0.05, 0) is 25.0 Å². The van der Waals surface area contributed by atoms with Crippen LogP contribution in [0.4, 0.5) is 0 Å². The second-order valence-electron chi connectivity index (χ2n) is 3.96. The summed E-state index contributed by atoms with van der Waals surface area (Å²) < 4.78 is 0. The highest BCUT2D eigenvalue weighted by Gasteiger charge is 2.03. The summed E-state index contributed by atoms with van der Waals surface area (Å²) in [6.07, 6.45) is 3.38. The molecule has 0 amide bonds. The molecule has 0 aliphatic heterocycles. The Hall–Kier alpha value is -0.670. The van der Waals surface area contributed by atoms with Crippen LogP contribution < -0.4 is 5.32 Å². The van der Waals surface area contributed by atoms with Crippen LogP contribution in [0.25, 0.3) is 6.08 Å². The van der Waals surface area contributed by atoms with E-state index in [-0.39, 0.29) is 0 Å². The number of nitrogens with zero attached hydrogens (tertiary/aromatic N) is 1. The summed E-state index contributed by atoms with van der Waals surface area (Å²) in [5.41, 5.74) is 4.39. The van der Waals surface area contributed by atoms with E-state index in [1.165, 1.54) is 12.0 Å². The Bertz CT molecular complexity index is 289. The summed E-state index contributed by atoms with van der Waals surface area (Å²) in [5, 5.41) is 5.52. The van der Waals surface area contributed by atoms with Gasteiger partial charge >= 0.3 is 0 Å². The molecule has 84 valence electrons. The van der Waals surface area contributed by atoms with Crippen molar-refractivity contribution >= 4 is 17.4 Å². The van der Waals surface area contributed by atoms with Crippen molar-refractivity contribution in [1.82, 2.24) is 10.3 Å². The lowest BCUT2D eigenvalue weighted by molar-refractivity contribution is 0.656. The third-order valence-electron chi connectivity index (χ3n) is 2.28. The highest BCUT2D eigenvalue weighted by molar-refractivity contribution is 7.07. The van der Waals surface area contributed by atoms with E-state index < -0.39 is 0 Å². The molecule has 0 aliphatic rings. The molecular weight excluding hydrogens is 204 g/mol. The Morgan fingerprint density at radius 3 is 2.93 bits per heavy atom. The molecular formula is C12H20N2S. The Kier molecular flexibility index (Phi) is 5.58. The Labute approximate surface area is 96.4 Å². The average Bonchev–Trinajstić information content (AvgIpc) is 2.69. The molecule has 2 nitrogen and oxygen atoms in total. The van der Waals surface area contributed by atoms with Crippen molar-refractivity contribution in [2.24, 2.45) is 5.92 Å². The lowest BCUT2D eigenvalue weighted by atomic mass is 10.0. The van der Waals surface area contributed by atoms with E-state index in [1.807, 2.05) is 5.51 Å². The van der Waals surface area contributed by atoms with Crippen LogP contribution in [0.15, 0.2) is 16.5 Å². The summed E-state index contributed by atoms with van der Waals surface area (Å²) >= 11 is 1.65. The van der Waals surface area contributed by atoms with Crippen LogP contribution in [0.3, 0.4) is 0 Å². The van der Waals surface area contributed by atoms with E-state index in [0.717, 1.165) is 18.8 Å². The molecule has 0 saturated carbocycles. The maximum atomic E-state index is 4.28. The number of nitrogens with one attached hydrogen (secondary N) is 1. The molecule has 1 heterocycles. The van der Waals surface area contributed by atoms with Crippen molar-refractivity contribution in [1.29, 1.82) is 0 Å². The zero-order valence-corrected chi connectivity index (χ0v) is 10.6. The lowest BCUT2D eigenvalue weighted by Gasteiger charge is -2.11. The minimum absolute atomic E-state index is 0.580. The van der Waals surface area contributed by atoms with Crippen LogP contribution in [-0.2, 0) is 0 Å². The monoisotopic (exact) mass is 224 g/mol. The maximum Gasteiger partial charge on any atom is 0.0798 e. The van der Waals surface area contributed by atoms with E-state index in [2.05, 4.69) is 42.5 Å². The van der Waals surface area contributed by atoms with Crippen molar-refractivity contribution in [2.75, 3.05) is 13.1 Å². The molecule has 1 rings (SSSR count). The highest BCUT2D eigenvalue weighted by atomic mass is 32.1. The summed E-state index contributed by atoms with van der Waals surface area (Å²) in [6, 6.07) is 0. The fourth-order valence-corrected chi connectivity index (χ4v) is 1.83. The standard InChI is InChI=1S/C12H20N2S/c1-4-5-13-7-11(10(2)3)6-12-8-15-9-14-12/h6,8-10,13H,4-5,7H2,1-3H3. The van der Waals surface area contributed by atoms with Crippen LogP contribution >= 0.6 is 11.3 Å². The topological polar surface area (TPSA) is 24.9 Å². The first-order chi connectivity index (χ1) is 7.24. The van der Waals surface area contributed by atoms with Gasteiger partial charge in [0.05, 0.1) is 11.2 Å². The summed E-state index contributed by atoms with van der Waals surface area (Å²) in [4.78, 5) is 4.28. The average molecular weight is 224 g/mol. The van der Waals surface area contributed by atoms with Gasteiger partial charge in [0.2, 0.25) is 0 Å². The van der Waals surface area contributed by atoms with Gasteiger partial charge < -0.3 is 5.32 Å². The number of thiazole rings is 1. The molecule has 0 aliphatic carbocycles. The SMILES string of the molecule is CCCNCC(=Cc1cscn1)C(C)C. The Morgan fingerprint density at radius 2 is 2.40 bits per heavy atom. The maximum absolute atomic E-state index is 4.28. The van der Waals surface area contributed by atoms with Crippen LogP contribution in [0.2, 0.25) is 0 Å². The van der Waals surface area contributed by atoms with Gasteiger partial charge in [-0.15, -0.1) is 11.3 Å². The fraction of sp³-hybridized carbons (Fsp3) is 0.583. The number of hydrogen-bond donors (Lipinski definition) is 1. The molecule has 3 heteroatoms. The summed E-state index contributed by atoms with van der Waals surface area (Å²) in [7, 11) is 0. The van der Waals surface area contributed by atoms with Crippen LogP contribution in [0, 0.1) is 5.92 Å². The van der Waals surface area contributed by atoms with E-state index in [4.69, 9.17) is 0 Å². The van der Waals surface area contributed by atoms with Crippen molar-refractivity contribution in [3.8, 4) is 0 Å². The smallest absolute Gasteiger partial charge is 0.0798 e. The van der Waals surface area contributed by atoms with Crippen LogP contribution in [0.5, 0.6) is 0 Å². The normalized spacial score (nSPS) is 12.4. The summed E-state index contributed by atoms with van der Waals surface area (Å²) in [6.45, 7) is 8.70. The third-order valence-corrected chi connectivity index (χ3v) is 2.89. The van der Waals surface area contributed by atoms with E-state index >= 15 is 0 Å². The zero-order chi connectivity index (χ0) is 11.1. The largest absolute Gasteiger partial charge is 0.313 e. The second kappa shape index (κ2) is 6.75. The van der Waals surface area contributed by atoms with E-state index in [1.54, 1.807) is 11.3 Å². The first kappa shape index (κ1) is 12.4. The van der Waals surface area contributed by atoms with Gasteiger partial charge in [0.25, 0.3) is 0 Å². The predicted octanol–water partition coefficient (Wildman–Crippen LogP) is 3.18. The molecule has 0 atom stereocenters. The Balaban J connectivity index is 2.57. The molecule has 1 N–H and O–H groups in total. The molecule has 0 unspecified atom stereocenters. The molecule has 15 heavy (non-hydrogen) atoms. The third kappa shape index (κ3) is 4.58. The predicted molar refractivity (Wildman–Crippen MR) is 68.1 cm³/mol. The molecule has 0 aromatic carbocycles. The van der Waals surface area contributed by atoms with Crippen molar-refractivity contribution in [3.63, 3.8) is 0 Å². The van der Waals surface area contributed by atoms with Crippen molar-refractivity contribution < 1.29 is 0 Å². The van der Waals surface area contributed by atoms with Crippen LogP contribution in [0.1, 0.15) is 32.9 Å². The zero-order valence-electron chi connectivity index (χ0n) is 9.79. The van der Waals surface area contributed by atoms with Gasteiger partial charge in [-0.25, -0.2) is 4.98 Å². The molecule has 0 radical (unpaired) electrons. The molecule has 0 bridgehead atoms.